The molecule has 0 spiro atoms. The number of fused-ring (bicyclic) bond motifs is 1. The van der Waals surface area contributed by atoms with Crippen molar-refractivity contribution >= 4 is 34.8 Å². The summed E-state index contributed by atoms with van der Waals surface area (Å²) in [5.41, 5.74) is 4.51. The molecular formula is C35H45N3O4. The number of hydrogen-bond acceptors (Lipinski definition) is 5. The number of amides is 2. The molecule has 0 aliphatic rings. The van der Waals surface area contributed by atoms with Gasteiger partial charge in [0.1, 0.15) is 5.75 Å². The van der Waals surface area contributed by atoms with Crippen LogP contribution in [0, 0.1) is 6.92 Å². The summed E-state index contributed by atoms with van der Waals surface area (Å²) in [7, 11) is 0. The van der Waals surface area contributed by atoms with Gasteiger partial charge in [-0.05, 0) is 42.3 Å². The number of carbonyl (C=O) groups excluding carboxylic acids is 3. The van der Waals surface area contributed by atoms with E-state index in [2.05, 4.69) is 22.8 Å². The van der Waals surface area contributed by atoms with E-state index in [1.807, 2.05) is 49.4 Å². The molecule has 0 unspecified atom stereocenters. The molecule has 42 heavy (non-hydrogen) atoms. The summed E-state index contributed by atoms with van der Waals surface area (Å²) in [6.45, 7) is 4.04. The first-order valence-electron chi connectivity index (χ1n) is 15.4. The van der Waals surface area contributed by atoms with E-state index >= 15 is 0 Å². The summed E-state index contributed by atoms with van der Waals surface area (Å²) in [4.78, 5) is 37.2. The second-order valence-corrected chi connectivity index (χ2v) is 10.8. The van der Waals surface area contributed by atoms with Crippen LogP contribution in [0.3, 0.4) is 0 Å². The monoisotopic (exact) mass is 571 g/mol. The normalized spacial score (nSPS) is 11.1. The zero-order valence-electron chi connectivity index (χ0n) is 25.1. The van der Waals surface area contributed by atoms with Gasteiger partial charge in [0.25, 0.3) is 5.91 Å². The highest BCUT2D eigenvalue weighted by atomic mass is 16.5. The van der Waals surface area contributed by atoms with Crippen molar-refractivity contribution in [3.05, 3.63) is 77.4 Å². The molecule has 0 heterocycles. The molecule has 0 bridgehead atoms. The SMILES string of the molecule is CCCCCCCCCCCCCC(=O)NCC(=O)NN=Cc1c(OC(=O)c2ccc(C)cc2)ccc2ccccc12. The smallest absolute Gasteiger partial charge is 0.343 e. The third kappa shape index (κ3) is 11.5. The van der Waals surface area contributed by atoms with Crippen LogP contribution < -0.4 is 15.5 Å². The summed E-state index contributed by atoms with van der Waals surface area (Å²) in [5, 5.41) is 8.51. The van der Waals surface area contributed by atoms with Crippen LogP contribution in [0.1, 0.15) is 105 Å². The molecule has 7 nitrogen and oxygen atoms in total. The highest BCUT2D eigenvalue weighted by Gasteiger charge is 2.14. The van der Waals surface area contributed by atoms with Gasteiger partial charge in [0, 0.05) is 12.0 Å². The summed E-state index contributed by atoms with van der Waals surface area (Å²) < 4.78 is 5.71. The molecule has 0 aliphatic carbocycles. The van der Waals surface area contributed by atoms with Gasteiger partial charge in [-0.25, -0.2) is 10.2 Å². The Kier molecular flexibility index (Phi) is 14.3. The molecular weight excluding hydrogens is 526 g/mol. The number of aryl methyl sites for hydroxylation is 1. The van der Waals surface area contributed by atoms with E-state index in [9.17, 15) is 14.4 Å². The van der Waals surface area contributed by atoms with Crippen molar-refractivity contribution in [3.63, 3.8) is 0 Å². The third-order valence-electron chi connectivity index (χ3n) is 7.26. The van der Waals surface area contributed by atoms with E-state index in [0.717, 1.165) is 35.6 Å². The second kappa shape index (κ2) is 18.4. The molecule has 0 aliphatic heterocycles. The Hall–Kier alpha value is -4.00. The Morgan fingerprint density at radius 3 is 2.10 bits per heavy atom. The number of hydrogen-bond donors (Lipinski definition) is 2. The molecule has 7 heteroatoms. The lowest BCUT2D eigenvalue weighted by Gasteiger charge is -2.11. The molecule has 2 N–H and O–H groups in total. The molecule has 0 aromatic heterocycles. The van der Waals surface area contributed by atoms with Crippen LogP contribution in [0.15, 0.2) is 65.8 Å². The number of ether oxygens (including phenoxy) is 1. The molecule has 0 fully saturated rings. The van der Waals surface area contributed by atoms with Crippen LogP contribution >= 0.6 is 0 Å². The van der Waals surface area contributed by atoms with E-state index in [-0.39, 0.29) is 12.5 Å². The fourth-order valence-electron chi connectivity index (χ4n) is 4.77. The number of nitrogens with zero attached hydrogens (tertiary/aromatic N) is 1. The van der Waals surface area contributed by atoms with E-state index in [1.54, 1.807) is 18.2 Å². The van der Waals surface area contributed by atoms with Crippen molar-refractivity contribution in [2.75, 3.05) is 6.54 Å². The van der Waals surface area contributed by atoms with Crippen molar-refractivity contribution in [1.29, 1.82) is 0 Å². The predicted molar refractivity (Wildman–Crippen MR) is 170 cm³/mol. The van der Waals surface area contributed by atoms with Gasteiger partial charge < -0.3 is 10.1 Å². The maximum atomic E-state index is 12.8. The number of nitrogens with one attached hydrogen (secondary N) is 2. The average molecular weight is 572 g/mol. The highest BCUT2D eigenvalue weighted by molar-refractivity contribution is 6.04. The molecule has 0 saturated heterocycles. The quantitative estimate of drug-likeness (QED) is 0.0539. The topological polar surface area (TPSA) is 96.9 Å². The number of hydrazone groups is 1. The second-order valence-electron chi connectivity index (χ2n) is 10.8. The van der Waals surface area contributed by atoms with Crippen molar-refractivity contribution in [2.24, 2.45) is 5.10 Å². The first-order chi connectivity index (χ1) is 20.5. The summed E-state index contributed by atoms with van der Waals surface area (Å²) in [6.07, 6.45) is 15.3. The zero-order valence-corrected chi connectivity index (χ0v) is 25.1. The molecule has 0 atom stereocenters. The number of esters is 1. The Morgan fingerprint density at radius 1 is 0.762 bits per heavy atom. The number of carbonyl (C=O) groups is 3. The summed E-state index contributed by atoms with van der Waals surface area (Å²) in [5.74, 6) is -0.719. The van der Waals surface area contributed by atoms with Gasteiger partial charge >= 0.3 is 5.97 Å². The van der Waals surface area contributed by atoms with Gasteiger partial charge in [0.15, 0.2) is 0 Å². The lowest BCUT2D eigenvalue weighted by atomic mass is 10.0. The molecule has 0 radical (unpaired) electrons. The fraction of sp³-hybridized carbons (Fsp3) is 0.429. The van der Waals surface area contributed by atoms with E-state index in [0.29, 0.717) is 23.3 Å². The Labute approximate surface area is 250 Å². The van der Waals surface area contributed by atoms with E-state index < -0.39 is 11.9 Å². The van der Waals surface area contributed by atoms with Crippen LogP contribution in [0.5, 0.6) is 5.75 Å². The van der Waals surface area contributed by atoms with E-state index in [1.165, 1.54) is 57.6 Å². The van der Waals surface area contributed by atoms with Gasteiger partial charge in [-0.15, -0.1) is 0 Å². The lowest BCUT2D eigenvalue weighted by molar-refractivity contribution is -0.126. The first-order valence-corrected chi connectivity index (χ1v) is 15.4. The van der Waals surface area contributed by atoms with Crippen LogP contribution in [-0.2, 0) is 9.59 Å². The third-order valence-corrected chi connectivity index (χ3v) is 7.26. The van der Waals surface area contributed by atoms with Gasteiger partial charge in [-0.2, -0.15) is 5.10 Å². The predicted octanol–water partition coefficient (Wildman–Crippen LogP) is 7.63. The van der Waals surface area contributed by atoms with Crippen LogP contribution in [0.25, 0.3) is 10.8 Å². The first kappa shape index (κ1) is 32.5. The molecule has 224 valence electrons. The maximum Gasteiger partial charge on any atom is 0.343 e. The molecule has 2 amide bonds. The molecule has 3 aromatic carbocycles. The molecule has 3 aromatic rings. The van der Waals surface area contributed by atoms with Gasteiger partial charge in [0.2, 0.25) is 5.91 Å². The fourth-order valence-corrected chi connectivity index (χ4v) is 4.77. The molecule has 0 saturated carbocycles. The molecule has 3 rings (SSSR count). The van der Waals surface area contributed by atoms with Gasteiger partial charge in [-0.1, -0.05) is 119 Å². The minimum atomic E-state index is -0.482. The zero-order chi connectivity index (χ0) is 30.0. The Bertz CT molecular complexity index is 1320. The lowest BCUT2D eigenvalue weighted by Crippen LogP contribution is -2.34. The minimum Gasteiger partial charge on any atom is -0.422 e. The van der Waals surface area contributed by atoms with Crippen LogP contribution in [0.4, 0.5) is 0 Å². The van der Waals surface area contributed by atoms with Crippen molar-refractivity contribution in [3.8, 4) is 5.75 Å². The number of rotatable bonds is 18. The largest absolute Gasteiger partial charge is 0.422 e. The Morgan fingerprint density at radius 2 is 1.40 bits per heavy atom. The van der Waals surface area contributed by atoms with Crippen LogP contribution in [-0.4, -0.2) is 30.5 Å². The minimum absolute atomic E-state index is 0.135. The van der Waals surface area contributed by atoms with E-state index in [4.69, 9.17) is 4.74 Å². The average Bonchev–Trinajstić information content (AvgIpc) is 3.00. The standard InChI is InChI=1S/C35H45N3O4/c1-3-4-5-6-7-8-9-10-11-12-13-18-33(39)36-26-34(40)38-37-25-31-30-17-15-14-16-28(30)23-24-32(31)42-35(41)29-21-19-27(2)20-22-29/h14-17,19-25H,3-13,18,26H2,1-2H3,(H,36,39)(H,38,40). The number of benzene rings is 3. The summed E-state index contributed by atoms with van der Waals surface area (Å²) in [6, 6.07) is 18.4. The van der Waals surface area contributed by atoms with Crippen molar-refractivity contribution < 1.29 is 19.1 Å². The number of unbranched alkanes of at least 4 members (excludes halogenated alkanes) is 10. The Balaban J connectivity index is 1.42. The summed E-state index contributed by atoms with van der Waals surface area (Å²) >= 11 is 0. The van der Waals surface area contributed by atoms with Gasteiger partial charge in [-0.3, -0.25) is 9.59 Å². The van der Waals surface area contributed by atoms with Crippen molar-refractivity contribution in [1.82, 2.24) is 10.7 Å². The van der Waals surface area contributed by atoms with Gasteiger partial charge in [0.05, 0.1) is 18.3 Å². The highest BCUT2D eigenvalue weighted by Crippen LogP contribution is 2.27. The van der Waals surface area contributed by atoms with Crippen LogP contribution in [0.2, 0.25) is 0 Å². The maximum absolute atomic E-state index is 12.8. The van der Waals surface area contributed by atoms with Crippen molar-refractivity contribution in [2.45, 2.75) is 90.9 Å².